The maximum atomic E-state index is 10.6. The Morgan fingerprint density at radius 1 is 0.929 bits per heavy atom. The first kappa shape index (κ1) is 19.4. The van der Waals surface area contributed by atoms with E-state index in [1.54, 1.807) is 23.9 Å². The van der Waals surface area contributed by atoms with Crippen molar-refractivity contribution in [3.05, 3.63) is 89.5 Å². The smallest absolute Gasteiger partial charge is 0.125 e. The third kappa shape index (κ3) is 3.92. The van der Waals surface area contributed by atoms with Crippen LogP contribution in [0.4, 0.5) is 0 Å². The molecular formula is C22H22O4S2. The summed E-state index contributed by atoms with van der Waals surface area (Å²) < 4.78 is 27.2. The summed E-state index contributed by atoms with van der Waals surface area (Å²) >= 11 is 1.58. The molecule has 1 heterocycles. The molecule has 3 aromatic carbocycles. The Balaban J connectivity index is 1.67. The lowest BCUT2D eigenvalue weighted by Gasteiger charge is -2.27. The van der Waals surface area contributed by atoms with Gasteiger partial charge in [0.2, 0.25) is 0 Å². The number of thioether (sulfide) groups is 1. The van der Waals surface area contributed by atoms with Crippen molar-refractivity contribution >= 4 is 22.4 Å². The molecule has 0 fully saturated rings. The molecule has 6 heteroatoms. The van der Waals surface area contributed by atoms with Crippen molar-refractivity contribution in [2.45, 2.75) is 28.3 Å². The van der Waals surface area contributed by atoms with E-state index in [4.69, 9.17) is 4.74 Å². The number of benzene rings is 3. The molecule has 0 spiro atoms. The van der Waals surface area contributed by atoms with E-state index in [0.29, 0.717) is 22.8 Å². The van der Waals surface area contributed by atoms with Crippen LogP contribution in [0, 0.1) is 0 Å². The van der Waals surface area contributed by atoms with Crippen LogP contribution in [0.2, 0.25) is 0 Å². The van der Waals surface area contributed by atoms with Crippen molar-refractivity contribution in [3.8, 4) is 5.75 Å². The number of hydrogen-bond donors (Lipinski definition) is 3. The number of fused-ring (bicyclic) bond motifs is 1. The minimum atomic E-state index is -2.88. The maximum Gasteiger partial charge on any atom is 0.125 e. The predicted molar refractivity (Wildman–Crippen MR) is 114 cm³/mol. The third-order valence-electron chi connectivity index (χ3n) is 4.75. The van der Waals surface area contributed by atoms with Crippen molar-refractivity contribution in [2.75, 3.05) is 5.75 Å². The van der Waals surface area contributed by atoms with Gasteiger partial charge in [0.1, 0.15) is 12.4 Å². The molecule has 146 valence electrons. The van der Waals surface area contributed by atoms with Gasteiger partial charge in [0, 0.05) is 10.5 Å². The highest BCUT2D eigenvalue weighted by Crippen LogP contribution is 2.64. The first-order valence-electron chi connectivity index (χ1n) is 8.99. The highest BCUT2D eigenvalue weighted by atomic mass is 32.3. The molecule has 0 saturated carbocycles. The van der Waals surface area contributed by atoms with Crippen LogP contribution in [-0.2, 0) is 13.2 Å². The van der Waals surface area contributed by atoms with Crippen LogP contribution in [0.1, 0.15) is 21.9 Å². The van der Waals surface area contributed by atoms with Crippen LogP contribution in [0.15, 0.2) is 82.6 Å². The molecule has 4 rings (SSSR count). The minimum Gasteiger partial charge on any atom is -0.489 e. The standard InChI is InChI=1S/C22H22O4S2/c23-13-18-19(26-14-16-7-3-1-4-8-16)11-12-21-22(18)20(15-28(21,24)25)27-17-9-5-2-6-10-17/h1-12,20,23-25H,13-15H2. The fourth-order valence-electron chi connectivity index (χ4n) is 3.44. The lowest BCUT2D eigenvalue weighted by Crippen LogP contribution is -2.04. The molecule has 0 radical (unpaired) electrons. The molecule has 1 unspecified atom stereocenters. The summed E-state index contributed by atoms with van der Waals surface area (Å²) in [6.07, 6.45) is 0. The van der Waals surface area contributed by atoms with Crippen molar-refractivity contribution in [1.82, 2.24) is 0 Å². The van der Waals surface area contributed by atoms with Gasteiger partial charge >= 0.3 is 0 Å². The molecule has 3 N–H and O–H groups in total. The summed E-state index contributed by atoms with van der Waals surface area (Å²) in [5.74, 6) is 0.831. The largest absolute Gasteiger partial charge is 0.489 e. The highest BCUT2D eigenvalue weighted by molar-refractivity contribution is 8.25. The molecule has 0 amide bonds. The molecule has 1 atom stereocenters. The van der Waals surface area contributed by atoms with Crippen molar-refractivity contribution in [2.24, 2.45) is 0 Å². The van der Waals surface area contributed by atoms with Crippen LogP contribution >= 0.6 is 22.4 Å². The molecular weight excluding hydrogens is 392 g/mol. The van der Waals surface area contributed by atoms with E-state index >= 15 is 0 Å². The average molecular weight is 415 g/mol. The van der Waals surface area contributed by atoms with Gasteiger partial charge in [0.25, 0.3) is 0 Å². The molecule has 0 aliphatic carbocycles. The summed E-state index contributed by atoms with van der Waals surface area (Å²) in [5, 5.41) is 9.94. The van der Waals surface area contributed by atoms with Gasteiger partial charge < -0.3 is 9.84 Å². The minimum absolute atomic E-state index is 0.148. The first-order chi connectivity index (χ1) is 13.6. The third-order valence-corrected chi connectivity index (χ3v) is 8.05. The quantitative estimate of drug-likeness (QED) is 0.482. The van der Waals surface area contributed by atoms with Gasteiger partial charge in [-0.15, -0.1) is 11.8 Å². The van der Waals surface area contributed by atoms with Crippen molar-refractivity contribution < 1.29 is 18.9 Å². The lowest BCUT2D eigenvalue weighted by atomic mass is 10.0. The van der Waals surface area contributed by atoms with Gasteiger partial charge in [-0.25, -0.2) is 0 Å². The molecule has 1 aliphatic rings. The number of hydrogen-bond acceptors (Lipinski definition) is 5. The topological polar surface area (TPSA) is 69.9 Å². The number of aliphatic hydroxyl groups excluding tert-OH is 1. The fraction of sp³-hybridized carbons (Fsp3) is 0.182. The van der Waals surface area contributed by atoms with Gasteiger partial charge in [-0.3, -0.25) is 9.11 Å². The monoisotopic (exact) mass is 414 g/mol. The summed E-state index contributed by atoms with van der Waals surface area (Å²) in [7, 11) is -2.88. The van der Waals surface area contributed by atoms with Crippen molar-refractivity contribution in [3.63, 3.8) is 0 Å². The van der Waals surface area contributed by atoms with Gasteiger partial charge in [-0.1, -0.05) is 48.5 Å². The van der Waals surface area contributed by atoms with Gasteiger partial charge in [-0.2, -0.15) is 10.6 Å². The molecule has 0 saturated heterocycles. The van der Waals surface area contributed by atoms with Gasteiger partial charge in [-0.05, 0) is 35.4 Å². The van der Waals surface area contributed by atoms with Crippen molar-refractivity contribution in [1.29, 1.82) is 0 Å². The van der Waals surface area contributed by atoms with E-state index in [9.17, 15) is 14.2 Å². The molecule has 3 aromatic rings. The Kier molecular flexibility index (Phi) is 5.66. The second-order valence-electron chi connectivity index (χ2n) is 6.64. The summed E-state index contributed by atoms with van der Waals surface area (Å²) in [6, 6.07) is 23.2. The zero-order valence-corrected chi connectivity index (χ0v) is 16.8. The number of ether oxygens (including phenoxy) is 1. The number of rotatable bonds is 6. The van der Waals surface area contributed by atoms with Crippen LogP contribution in [0.25, 0.3) is 0 Å². The average Bonchev–Trinajstić information content (AvgIpc) is 2.97. The van der Waals surface area contributed by atoms with E-state index in [-0.39, 0.29) is 17.6 Å². The summed E-state index contributed by atoms with van der Waals surface area (Å²) in [5.41, 5.74) is 2.47. The highest BCUT2D eigenvalue weighted by Gasteiger charge is 2.38. The summed E-state index contributed by atoms with van der Waals surface area (Å²) in [6.45, 7) is 0.175. The van der Waals surface area contributed by atoms with Gasteiger partial charge in [0.15, 0.2) is 0 Å². The Labute approximate surface area is 170 Å². The SMILES string of the molecule is OCc1c(OCc2ccccc2)ccc2c1C(Sc1ccccc1)CS2(O)O. The molecule has 4 nitrogen and oxygen atoms in total. The fourth-order valence-corrected chi connectivity index (χ4v) is 7.05. The zero-order chi connectivity index (χ0) is 19.6. The van der Waals surface area contributed by atoms with E-state index in [2.05, 4.69) is 0 Å². The van der Waals surface area contributed by atoms with E-state index in [0.717, 1.165) is 16.0 Å². The lowest BCUT2D eigenvalue weighted by molar-refractivity contribution is 0.257. The van der Waals surface area contributed by atoms with E-state index < -0.39 is 10.6 Å². The van der Waals surface area contributed by atoms with Gasteiger partial charge in [0.05, 0.1) is 22.5 Å². The van der Waals surface area contributed by atoms with Crippen LogP contribution in [-0.4, -0.2) is 20.0 Å². The Bertz CT molecular complexity index is 946. The normalized spacial score (nSPS) is 18.5. The van der Waals surface area contributed by atoms with E-state index in [1.807, 2.05) is 60.7 Å². The first-order valence-corrected chi connectivity index (χ1v) is 11.6. The number of aliphatic hydroxyl groups is 1. The van der Waals surface area contributed by atoms with Crippen LogP contribution in [0.5, 0.6) is 5.75 Å². The Morgan fingerprint density at radius 3 is 2.29 bits per heavy atom. The zero-order valence-electron chi connectivity index (χ0n) is 15.2. The molecule has 28 heavy (non-hydrogen) atoms. The predicted octanol–water partition coefficient (Wildman–Crippen LogP) is 5.71. The summed E-state index contributed by atoms with van der Waals surface area (Å²) in [4.78, 5) is 1.58. The molecule has 1 aliphatic heterocycles. The maximum absolute atomic E-state index is 10.6. The Morgan fingerprint density at radius 2 is 1.61 bits per heavy atom. The molecule has 0 bridgehead atoms. The van der Waals surface area contributed by atoms with Crippen LogP contribution < -0.4 is 4.74 Å². The Hall–Kier alpha value is -1.96. The van der Waals surface area contributed by atoms with E-state index in [1.165, 1.54) is 0 Å². The second-order valence-corrected chi connectivity index (χ2v) is 10.0. The second kappa shape index (κ2) is 8.19. The van der Waals surface area contributed by atoms with Crippen LogP contribution in [0.3, 0.4) is 0 Å². The molecule has 0 aromatic heterocycles.